The van der Waals surface area contributed by atoms with Crippen LogP contribution in [0.3, 0.4) is 0 Å². The topological polar surface area (TPSA) is 38.3 Å². The summed E-state index contributed by atoms with van der Waals surface area (Å²) in [6, 6.07) is 9.59. The first-order valence-electron chi connectivity index (χ1n) is 6.11. The normalized spacial score (nSPS) is 18.3. The van der Waals surface area contributed by atoms with Crippen LogP contribution in [-0.4, -0.2) is 12.8 Å². The number of hydrogen-bond donors (Lipinski definition) is 1. The third-order valence-corrected chi connectivity index (χ3v) is 4.33. The summed E-state index contributed by atoms with van der Waals surface area (Å²) in [4.78, 5) is 12.7. The fourth-order valence-electron chi connectivity index (χ4n) is 2.22. The van der Waals surface area contributed by atoms with E-state index in [0.29, 0.717) is 11.5 Å². The molecule has 0 aliphatic carbocycles. The van der Waals surface area contributed by atoms with Gasteiger partial charge in [-0.15, -0.1) is 0 Å². The maximum Gasteiger partial charge on any atom is 0.213 e. The van der Waals surface area contributed by atoms with Gasteiger partial charge in [-0.3, -0.25) is 4.79 Å². The summed E-state index contributed by atoms with van der Waals surface area (Å²) in [6.45, 7) is 0. The van der Waals surface area contributed by atoms with Gasteiger partial charge in [0, 0.05) is 17.1 Å². The molecule has 2 aromatic rings. The lowest BCUT2D eigenvalue weighted by Crippen LogP contribution is -2.09. The summed E-state index contributed by atoms with van der Waals surface area (Å²) in [5.41, 5.74) is 2.36. The van der Waals surface area contributed by atoms with Crippen LogP contribution < -0.4 is 5.32 Å². The van der Waals surface area contributed by atoms with Crippen molar-refractivity contribution in [1.82, 2.24) is 5.32 Å². The largest absolute Gasteiger partial charge is 0.462 e. The zero-order valence-corrected chi connectivity index (χ0v) is 13.1. The van der Waals surface area contributed by atoms with E-state index in [0.717, 1.165) is 15.6 Å². The van der Waals surface area contributed by atoms with E-state index >= 15 is 0 Å². The van der Waals surface area contributed by atoms with Crippen molar-refractivity contribution >= 4 is 38.6 Å². The number of benzene rings is 1. The highest BCUT2D eigenvalue weighted by Gasteiger charge is 2.36. The van der Waals surface area contributed by atoms with Gasteiger partial charge >= 0.3 is 0 Å². The van der Waals surface area contributed by atoms with Crippen LogP contribution in [0, 0.1) is 0 Å². The smallest absolute Gasteiger partial charge is 0.213 e. The molecule has 1 atom stereocenters. The summed E-state index contributed by atoms with van der Waals surface area (Å²) in [5.74, 6) is 0.523. The van der Waals surface area contributed by atoms with Gasteiger partial charge in [0.1, 0.15) is 0 Å². The van der Waals surface area contributed by atoms with E-state index in [4.69, 9.17) is 4.74 Å². The molecule has 0 saturated heterocycles. The molecule has 0 radical (unpaired) electrons. The van der Waals surface area contributed by atoms with Gasteiger partial charge in [-0.05, 0) is 34.5 Å². The van der Waals surface area contributed by atoms with Gasteiger partial charge in [-0.25, -0.2) is 0 Å². The Hall–Kier alpha value is -1.59. The Morgan fingerprint density at radius 2 is 2.20 bits per heavy atom. The second-order valence-electron chi connectivity index (χ2n) is 4.38. The molecule has 102 valence electrons. The Kier molecular flexibility index (Phi) is 3.63. The van der Waals surface area contributed by atoms with E-state index in [2.05, 4.69) is 21.2 Å². The number of ketones is 1. The second-order valence-corrected chi connectivity index (χ2v) is 6.08. The molecule has 1 unspecified atom stereocenters. The molecule has 3 nitrogen and oxygen atoms in total. The van der Waals surface area contributed by atoms with Crippen molar-refractivity contribution in [3.63, 3.8) is 0 Å². The van der Waals surface area contributed by atoms with Crippen LogP contribution in [0.2, 0.25) is 0 Å². The van der Waals surface area contributed by atoms with Crippen LogP contribution in [0.1, 0.15) is 17.2 Å². The minimum absolute atomic E-state index is 0.00847. The molecule has 1 N–H and O–H groups in total. The van der Waals surface area contributed by atoms with Crippen molar-refractivity contribution in [2.75, 3.05) is 7.05 Å². The SMILES string of the molecule is CNC1=C(c2cccc(Br)c2)C(=O)C(c2ccsc2)O1. The maximum absolute atomic E-state index is 12.7. The van der Waals surface area contributed by atoms with Crippen LogP contribution in [0.25, 0.3) is 5.57 Å². The highest BCUT2D eigenvalue weighted by molar-refractivity contribution is 9.10. The number of Topliss-reactive ketones (excluding diaryl/α,β-unsaturated/α-hetero) is 1. The lowest BCUT2D eigenvalue weighted by Gasteiger charge is -2.09. The molecule has 3 rings (SSSR count). The summed E-state index contributed by atoms with van der Waals surface area (Å²) < 4.78 is 6.72. The number of nitrogens with one attached hydrogen (secondary N) is 1. The third-order valence-electron chi connectivity index (χ3n) is 3.13. The van der Waals surface area contributed by atoms with Gasteiger partial charge in [-0.1, -0.05) is 28.1 Å². The molecule has 5 heteroatoms. The molecule has 2 heterocycles. The highest BCUT2D eigenvalue weighted by Crippen LogP contribution is 2.38. The van der Waals surface area contributed by atoms with Crippen molar-refractivity contribution in [1.29, 1.82) is 0 Å². The molecule has 1 aromatic heterocycles. The van der Waals surface area contributed by atoms with Crippen LogP contribution in [0.5, 0.6) is 0 Å². The maximum atomic E-state index is 12.7. The summed E-state index contributed by atoms with van der Waals surface area (Å²) in [7, 11) is 1.76. The Morgan fingerprint density at radius 3 is 2.85 bits per heavy atom. The fourth-order valence-corrected chi connectivity index (χ4v) is 3.29. The molecule has 0 saturated carbocycles. The average molecular weight is 350 g/mol. The first kappa shape index (κ1) is 13.4. The predicted octanol–water partition coefficient (Wildman–Crippen LogP) is 3.74. The van der Waals surface area contributed by atoms with Crippen molar-refractivity contribution in [3.05, 3.63) is 62.6 Å². The van der Waals surface area contributed by atoms with E-state index in [1.165, 1.54) is 0 Å². The Morgan fingerprint density at radius 1 is 1.35 bits per heavy atom. The molecule has 0 spiro atoms. The minimum atomic E-state index is -0.544. The molecular weight excluding hydrogens is 338 g/mol. The van der Waals surface area contributed by atoms with Gasteiger partial charge in [-0.2, -0.15) is 11.3 Å². The number of halogens is 1. The van der Waals surface area contributed by atoms with E-state index < -0.39 is 6.10 Å². The zero-order chi connectivity index (χ0) is 14.1. The molecule has 1 aromatic carbocycles. The Bertz CT molecular complexity index is 679. The lowest BCUT2D eigenvalue weighted by atomic mass is 9.98. The first-order valence-corrected chi connectivity index (χ1v) is 7.85. The lowest BCUT2D eigenvalue weighted by molar-refractivity contribution is -0.120. The van der Waals surface area contributed by atoms with Gasteiger partial charge in [0.15, 0.2) is 12.0 Å². The average Bonchev–Trinajstić information content (AvgIpc) is 3.05. The molecule has 1 aliphatic heterocycles. The highest BCUT2D eigenvalue weighted by atomic mass is 79.9. The number of carbonyl (C=O) groups is 1. The number of ether oxygens (including phenoxy) is 1. The zero-order valence-electron chi connectivity index (χ0n) is 10.7. The Labute approximate surface area is 129 Å². The van der Waals surface area contributed by atoms with Crippen molar-refractivity contribution in [2.45, 2.75) is 6.10 Å². The summed E-state index contributed by atoms with van der Waals surface area (Å²) in [5, 5.41) is 6.87. The first-order chi connectivity index (χ1) is 9.70. The van der Waals surface area contributed by atoms with Crippen LogP contribution in [-0.2, 0) is 9.53 Å². The fraction of sp³-hybridized carbons (Fsp3) is 0.133. The van der Waals surface area contributed by atoms with Crippen molar-refractivity contribution in [2.24, 2.45) is 0 Å². The number of carbonyl (C=O) groups excluding carboxylic acids is 1. The van der Waals surface area contributed by atoms with E-state index in [1.807, 2.05) is 41.1 Å². The summed E-state index contributed by atoms with van der Waals surface area (Å²) in [6.07, 6.45) is -0.544. The van der Waals surface area contributed by atoms with Gasteiger partial charge in [0.2, 0.25) is 5.78 Å². The van der Waals surface area contributed by atoms with E-state index in [9.17, 15) is 4.79 Å². The van der Waals surface area contributed by atoms with Crippen LogP contribution in [0.15, 0.2) is 51.4 Å². The Balaban J connectivity index is 2.02. The third kappa shape index (κ3) is 2.27. The van der Waals surface area contributed by atoms with Crippen LogP contribution >= 0.6 is 27.3 Å². The van der Waals surface area contributed by atoms with Crippen molar-refractivity contribution in [3.8, 4) is 0 Å². The van der Waals surface area contributed by atoms with E-state index in [1.54, 1.807) is 18.4 Å². The monoisotopic (exact) mass is 349 g/mol. The number of hydrogen-bond acceptors (Lipinski definition) is 4. The second kappa shape index (κ2) is 5.42. The molecule has 0 fully saturated rings. The molecule has 1 aliphatic rings. The predicted molar refractivity (Wildman–Crippen MR) is 83.3 cm³/mol. The molecule has 0 bridgehead atoms. The quantitative estimate of drug-likeness (QED) is 0.917. The molecule has 0 amide bonds. The number of rotatable bonds is 3. The van der Waals surface area contributed by atoms with Crippen molar-refractivity contribution < 1.29 is 9.53 Å². The van der Waals surface area contributed by atoms with Gasteiger partial charge in [0.05, 0.1) is 5.57 Å². The van der Waals surface area contributed by atoms with Gasteiger partial charge in [0.25, 0.3) is 0 Å². The summed E-state index contributed by atoms with van der Waals surface area (Å²) >= 11 is 4.99. The van der Waals surface area contributed by atoms with Crippen LogP contribution in [0.4, 0.5) is 0 Å². The van der Waals surface area contributed by atoms with Gasteiger partial charge < -0.3 is 10.1 Å². The number of thiophene rings is 1. The molecular formula is C15H12BrNO2S. The standard InChI is InChI=1S/C15H12BrNO2S/c1-17-15-12(9-3-2-4-11(16)7-9)13(18)14(19-15)10-5-6-20-8-10/h2-8,14,17H,1H3. The minimum Gasteiger partial charge on any atom is -0.462 e. The van der Waals surface area contributed by atoms with E-state index in [-0.39, 0.29) is 5.78 Å². The molecule has 20 heavy (non-hydrogen) atoms.